The van der Waals surface area contributed by atoms with Crippen molar-refractivity contribution in [3.63, 3.8) is 0 Å². The van der Waals surface area contributed by atoms with Crippen LogP contribution in [0.1, 0.15) is 11.3 Å². The van der Waals surface area contributed by atoms with Gasteiger partial charge in [0.2, 0.25) is 5.88 Å². The molecule has 0 amide bonds. The van der Waals surface area contributed by atoms with E-state index in [2.05, 4.69) is 4.98 Å². The standard InChI is InChI=1S/C13H11Cl2N3O/c1-7-2-4-9(12(16)17)13(18-7)19-11-5-3-8(14)6-10(11)15/h2-6H,1H3,(H3,16,17). The first-order chi connectivity index (χ1) is 8.97. The van der Waals surface area contributed by atoms with E-state index in [0.29, 0.717) is 21.4 Å². The molecule has 0 aliphatic heterocycles. The predicted molar refractivity (Wildman–Crippen MR) is 76.5 cm³/mol. The van der Waals surface area contributed by atoms with Gasteiger partial charge in [-0.3, -0.25) is 5.41 Å². The van der Waals surface area contributed by atoms with Gasteiger partial charge in [-0.05, 0) is 37.3 Å². The van der Waals surface area contributed by atoms with Crippen molar-refractivity contribution in [3.05, 3.63) is 51.6 Å². The van der Waals surface area contributed by atoms with Crippen molar-refractivity contribution in [1.29, 1.82) is 5.41 Å². The molecule has 3 N–H and O–H groups in total. The number of benzene rings is 1. The number of nitrogen functional groups attached to an aromatic ring is 1. The molecule has 1 aromatic heterocycles. The molecule has 0 fully saturated rings. The third kappa shape index (κ3) is 3.16. The van der Waals surface area contributed by atoms with Gasteiger partial charge in [0, 0.05) is 10.7 Å². The van der Waals surface area contributed by atoms with E-state index in [1.54, 1.807) is 30.3 Å². The summed E-state index contributed by atoms with van der Waals surface area (Å²) >= 11 is 11.8. The first-order valence-corrected chi connectivity index (χ1v) is 6.18. The normalized spacial score (nSPS) is 10.3. The van der Waals surface area contributed by atoms with E-state index in [1.165, 1.54) is 0 Å². The number of nitrogens with zero attached hydrogens (tertiary/aromatic N) is 1. The Balaban J connectivity index is 2.42. The van der Waals surface area contributed by atoms with Crippen LogP contribution in [0.2, 0.25) is 10.0 Å². The maximum Gasteiger partial charge on any atom is 0.230 e. The highest BCUT2D eigenvalue weighted by molar-refractivity contribution is 6.35. The lowest BCUT2D eigenvalue weighted by Gasteiger charge is -2.11. The summed E-state index contributed by atoms with van der Waals surface area (Å²) < 4.78 is 5.61. The molecule has 0 atom stereocenters. The molecule has 0 spiro atoms. The smallest absolute Gasteiger partial charge is 0.230 e. The average Bonchev–Trinajstić information content (AvgIpc) is 2.32. The summed E-state index contributed by atoms with van der Waals surface area (Å²) in [6.07, 6.45) is 0. The van der Waals surface area contributed by atoms with Crippen LogP contribution in [0.15, 0.2) is 30.3 Å². The summed E-state index contributed by atoms with van der Waals surface area (Å²) in [6.45, 7) is 1.82. The number of aryl methyl sites for hydroxylation is 1. The molecular weight excluding hydrogens is 285 g/mol. The van der Waals surface area contributed by atoms with Crippen LogP contribution in [-0.2, 0) is 0 Å². The van der Waals surface area contributed by atoms with E-state index in [9.17, 15) is 0 Å². The minimum atomic E-state index is -0.118. The van der Waals surface area contributed by atoms with Crippen LogP contribution in [0.4, 0.5) is 0 Å². The van der Waals surface area contributed by atoms with Crippen LogP contribution in [0.5, 0.6) is 11.6 Å². The molecule has 0 unspecified atom stereocenters. The van der Waals surface area contributed by atoms with Gasteiger partial charge in [0.1, 0.15) is 11.6 Å². The Hall–Kier alpha value is -1.78. The molecule has 19 heavy (non-hydrogen) atoms. The molecule has 4 nitrogen and oxygen atoms in total. The van der Waals surface area contributed by atoms with Crippen LogP contribution in [0, 0.1) is 12.3 Å². The van der Waals surface area contributed by atoms with Crippen LogP contribution in [-0.4, -0.2) is 10.8 Å². The van der Waals surface area contributed by atoms with Crippen molar-refractivity contribution in [2.24, 2.45) is 5.73 Å². The van der Waals surface area contributed by atoms with Gasteiger partial charge in [-0.15, -0.1) is 0 Å². The SMILES string of the molecule is Cc1ccc(C(=N)N)c(Oc2ccc(Cl)cc2Cl)n1. The van der Waals surface area contributed by atoms with Gasteiger partial charge in [0.15, 0.2) is 0 Å². The van der Waals surface area contributed by atoms with Crippen molar-refractivity contribution in [1.82, 2.24) is 4.98 Å². The number of aromatic nitrogens is 1. The maximum absolute atomic E-state index is 7.50. The molecule has 2 aromatic rings. The van der Waals surface area contributed by atoms with E-state index >= 15 is 0 Å². The van der Waals surface area contributed by atoms with E-state index in [1.807, 2.05) is 6.92 Å². The van der Waals surface area contributed by atoms with E-state index in [4.69, 9.17) is 39.1 Å². The first-order valence-electron chi connectivity index (χ1n) is 5.42. The van der Waals surface area contributed by atoms with Crippen molar-refractivity contribution >= 4 is 29.0 Å². The lowest BCUT2D eigenvalue weighted by Crippen LogP contribution is -2.13. The second-order valence-electron chi connectivity index (χ2n) is 3.90. The van der Waals surface area contributed by atoms with Gasteiger partial charge in [-0.1, -0.05) is 23.2 Å². The number of ether oxygens (including phenoxy) is 1. The number of halogens is 2. The zero-order chi connectivity index (χ0) is 14.0. The second kappa shape index (κ2) is 5.47. The van der Waals surface area contributed by atoms with Crippen molar-refractivity contribution in [2.75, 3.05) is 0 Å². The van der Waals surface area contributed by atoms with Crippen molar-refractivity contribution in [2.45, 2.75) is 6.92 Å². The van der Waals surface area contributed by atoms with Crippen LogP contribution >= 0.6 is 23.2 Å². The number of pyridine rings is 1. The molecular formula is C13H11Cl2N3O. The summed E-state index contributed by atoms with van der Waals surface area (Å²) in [7, 11) is 0. The molecule has 0 aliphatic rings. The number of hydrogen-bond acceptors (Lipinski definition) is 3. The minimum Gasteiger partial charge on any atom is -0.437 e. The van der Waals surface area contributed by atoms with Gasteiger partial charge in [-0.2, -0.15) is 0 Å². The molecule has 1 heterocycles. The Morgan fingerprint density at radius 2 is 2.00 bits per heavy atom. The quantitative estimate of drug-likeness (QED) is 0.669. The monoisotopic (exact) mass is 295 g/mol. The molecule has 0 radical (unpaired) electrons. The molecule has 2 rings (SSSR count). The lowest BCUT2D eigenvalue weighted by atomic mass is 10.2. The van der Waals surface area contributed by atoms with Crippen LogP contribution < -0.4 is 10.5 Å². The predicted octanol–water partition coefficient (Wildman–Crippen LogP) is 3.77. The number of nitrogens with one attached hydrogen (secondary N) is 1. The average molecular weight is 296 g/mol. The largest absolute Gasteiger partial charge is 0.437 e. The molecule has 0 aliphatic carbocycles. The van der Waals surface area contributed by atoms with Gasteiger partial charge in [0.25, 0.3) is 0 Å². The summed E-state index contributed by atoms with van der Waals surface area (Å²) in [5.41, 5.74) is 6.66. The molecule has 1 aromatic carbocycles. The molecule has 0 saturated heterocycles. The number of rotatable bonds is 3. The fourth-order valence-electron chi connectivity index (χ4n) is 1.48. The number of amidine groups is 1. The van der Waals surface area contributed by atoms with E-state index in [-0.39, 0.29) is 11.7 Å². The summed E-state index contributed by atoms with van der Waals surface area (Å²) in [4.78, 5) is 4.22. The number of nitrogens with two attached hydrogens (primary N) is 1. The second-order valence-corrected chi connectivity index (χ2v) is 4.74. The Labute approximate surface area is 120 Å². The lowest BCUT2D eigenvalue weighted by molar-refractivity contribution is 0.460. The fraction of sp³-hybridized carbons (Fsp3) is 0.0769. The van der Waals surface area contributed by atoms with Crippen LogP contribution in [0.25, 0.3) is 0 Å². The van der Waals surface area contributed by atoms with Gasteiger partial charge in [-0.25, -0.2) is 4.98 Å². The summed E-state index contributed by atoms with van der Waals surface area (Å²) in [6, 6.07) is 8.31. The third-order valence-corrected chi connectivity index (χ3v) is 2.92. The highest BCUT2D eigenvalue weighted by Crippen LogP contribution is 2.32. The summed E-state index contributed by atoms with van der Waals surface area (Å²) in [5, 5.41) is 8.39. The van der Waals surface area contributed by atoms with Gasteiger partial charge < -0.3 is 10.5 Å². The molecule has 6 heteroatoms. The van der Waals surface area contributed by atoms with Crippen LogP contribution in [0.3, 0.4) is 0 Å². The van der Waals surface area contributed by atoms with E-state index < -0.39 is 0 Å². The Bertz CT molecular complexity index is 644. The Morgan fingerprint density at radius 1 is 1.26 bits per heavy atom. The maximum atomic E-state index is 7.50. The Kier molecular flexibility index (Phi) is 3.93. The summed E-state index contributed by atoms with van der Waals surface area (Å²) in [5.74, 6) is 0.538. The first kappa shape index (κ1) is 13.6. The van der Waals surface area contributed by atoms with Gasteiger partial charge >= 0.3 is 0 Å². The third-order valence-electron chi connectivity index (χ3n) is 2.39. The highest BCUT2D eigenvalue weighted by Gasteiger charge is 2.12. The minimum absolute atomic E-state index is 0.118. The highest BCUT2D eigenvalue weighted by atomic mass is 35.5. The van der Waals surface area contributed by atoms with Crippen molar-refractivity contribution in [3.8, 4) is 11.6 Å². The number of hydrogen-bond donors (Lipinski definition) is 2. The zero-order valence-corrected chi connectivity index (χ0v) is 11.6. The Morgan fingerprint density at radius 3 is 2.63 bits per heavy atom. The fourth-order valence-corrected chi connectivity index (χ4v) is 1.92. The molecule has 98 valence electrons. The topological polar surface area (TPSA) is 72.0 Å². The van der Waals surface area contributed by atoms with Gasteiger partial charge in [0.05, 0.1) is 10.6 Å². The molecule has 0 saturated carbocycles. The zero-order valence-electron chi connectivity index (χ0n) is 10.1. The van der Waals surface area contributed by atoms with Crippen molar-refractivity contribution < 1.29 is 4.74 Å². The molecule has 0 bridgehead atoms. The van der Waals surface area contributed by atoms with E-state index in [0.717, 1.165) is 5.69 Å².